The Balaban J connectivity index is 2.16. The van der Waals surface area contributed by atoms with Crippen LogP contribution in [0.1, 0.15) is 33.6 Å². The molecule has 22 heavy (non-hydrogen) atoms. The van der Waals surface area contributed by atoms with Gasteiger partial charge in [-0.2, -0.15) is 0 Å². The molecular formula is C15H21NO6. The Bertz CT molecular complexity index is 500. The van der Waals surface area contributed by atoms with E-state index in [0.29, 0.717) is 12.8 Å². The average molecular weight is 311 g/mol. The van der Waals surface area contributed by atoms with Gasteiger partial charge in [0.1, 0.15) is 6.04 Å². The van der Waals surface area contributed by atoms with E-state index in [4.69, 9.17) is 14.2 Å². The van der Waals surface area contributed by atoms with E-state index in [1.807, 2.05) is 0 Å². The zero-order chi connectivity index (χ0) is 16.3. The molecule has 3 atom stereocenters. The minimum atomic E-state index is -0.664. The third-order valence-corrected chi connectivity index (χ3v) is 3.79. The van der Waals surface area contributed by atoms with Crippen LogP contribution < -0.4 is 0 Å². The van der Waals surface area contributed by atoms with Crippen molar-refractivity contribution in [2.75, 3.05) is 13.2 Å². The number of nitrogens with zero attached hydrogens (tertiary/aromatic N) is 1. The Hall–Kier alpha value is -2.05. The van der Waals surface area contributed by atoms with Crippen molar-refractivity contribution >= 4 is 17.8 Å². The van der Waals surface area contributed by atoms with Gasteiger partial charge in [-0.25, -0.2) is 9.59 Å². The molecule has 7 heteroatoms. The first-order valence-corrected chi connectivity index (χ1v) is 7.49. The Kier molecular flexibility index (Phi) is 5.05. The molecule has 7 nitrogen and oxygen atoms in total. The lowest BCUT2D eigenvalue weighted by Gasteiger charge is -2.32. The van der Waals surface area contributed by atoms with Crippen LogP contribution in [-0.4, -0.2) is 48.2 Å². The van der Waals surface area contributed by atoms with Crippen LogP contribution in [0, 0.1) is 5.92 Å². The maximum atomic E-state index is 12.0. The van der Waals surface area contributed by atoms with Gasteiger partial charge in [0.2, 0.25) is 11.7 Å². The molecule has 0 bridgehead atoms. The smallest absolute Gasteiger partial charge is 0.373 e. The fourth-order valence-corrected chi connectivity index (χ4v) is 2.90. The summed E-state index contributed by atoms with van der Waals surface area (Å²) in [6, 6.07) is -0.664. The molecule has 2 heterocycles. The SMILES string of the molecule is CCOC(=O)C1=CCC2CC(C(=O)OCC)N(C(C)=O)C2O1. The molecule has 3 unspecified atom stereocenters. The summed E-state index contributed by atoms with van der Waals surface area (Å²) in [6.07, 6.45) is 2.05. The predicted molar refractivity (Wildman–Crippen MR) is 75.3 cm³/mol. The Labute approximate surface area is 129 Å². The molecule has 2 rings (SSSR count). The van der Waals surface area contributed by atoms with Crippen molar-refractivity contribution in [1.29, 1.82) is 0 Å². The molecule has 2 aliphatic rings. The minimum absolute atomic E-state index is 0.0310. The summed E-state index contributed by atoms with van der Waals surface area (Å²) < 4.78 is 15.6. The molecule has 0 aliphatic carbocycles. The van der Waals surface area contributed by atoms with E-state index in [1.54, 1.807) is 19.9 Å². The van der Waals surface area contributed by atoms with E-state index in [-0.39, 0.29) is 30.8 Å². The maximum Gasteiger partial charge on any atom is 0.373 e. The highest BCUT2D eigenvalue weighted by molar-refractivity contribution is 5.87. The fraction of sp³-hybridized carbons (Fsp3) is 0.667. The molecule has 0 aromatic carbocycles. The zero-order valence-corrected chi connectivity index (χ0v) is 13.0. The second kappa shape index (κ2) is 6.81. The zero-order valence-electron chi connectivity index (χ0n) is 13.0. The topological polar surface area (TPSA) is 82.1 Å². The Morgan fingerprint density at radius 3 is 2.55 bits per heavy atom. The van der Waals surface area contributed by atoms with Crippen LogP contribution in [0.15, 0.2) is 11.8 Å². The molecule has 1 saturated heterocycles. The number of carbonyl (C=O) groups excluding carboxylic acids is 3. The van der Waals surface area contributed by atoms with Gasteiger partial charge in [-0.05, 0) is 32.8 Å². The van der Waals surface area contributed by atoms with E-state index < -0.39 is 24.2 Å². The lowest BCUT2D eigenvalue weighted by molar-refractivity contribution is -0.162. The summed E-state index contributed by atoms with van der Waals surface area (Å²) in [5.41, 5.74) is 0. The molecule has 1 amide bonds. The standard InChI is InChI=1S/C15H21NO6/c1-4-20-14(18)11-8-10-6-7-12(15(19)21-5-2)22-13(10)16(11)9(3)17/h7,10-11,13H,4-6,8H2,1-3H3. The molecule has 2 aliphatic heterocycles. The number of hydrogen-bond donors (Lipinski definition) is 0. The number of esters is 2. The molecule has 1 fully saturated rings. The van der Waals surface area contributed by atoms with Gasteiger partial charge in [0.25, 0.3) is 0 Å². The van der Waals surface area contributed by atoms with Crippen molar-refractivity contribution in [2.24, 2.45) is 5.92 Å². The second-order valence-electron chi connectivity index (χ2n) is 5.22. The number of fused-ring (bicyclic) bond motifs is 1. The number of allylic oxidation sites excluding steroid dienone is 1. The largest absolute Gasteiger partial charge is 0.464 e. The highest BCUT2D eigenvalue weighted by Crippen LogP contribution is 2.38. The average Bonchev–Trinajstić information content (AvgIpc) is 2.86. The predicted octanol–water partition coefficient (Wildman–Crippen LogP) is 0.980. The van der Waals surface area contributed by atoms with Gasteiger partial charge in [-0.1, -0.05) is 0 Å². The lowest BCUT2D eigenvalue weighted by atomic mass is 9.98. The number of hydrogen-bond acceptors (Lipinski definition) is 6. The highest BCUT2D eigenvalue weighted by atomic mass is 16.6. The molecular weight excluding hydrogens is 290 g/mol. The first-order chi connectivity index (χ1) is 10.5. The van der Waals surface area contributed by atoms with Crippen LogP contribution in [0.4, 0.5) is 0 Å². The van der Waals surface area contributed by atoms with Crippen LogP contribution in [-0.2, 0) is 28.6 Å². The Morgan fingerprint density at radius 1 is 1.27 bits per heavy atom. The molecule has 0 aromatic heterocycles. The number of likely N-dealkylation sites (tertiary alicyclic amines) is 1. The van der Waals surface area contributed by atoms with Gasteiger partial charge in [0.15, 0.2) is 6.23 Å². The Morgan fingerprint density at radius 2 is 1.95 bits per heavy atom. The van der Waals surface area contributed by atoms with Crippen molar-refractivity contribution in [3.8, 4) is 0 Å². The minimum Gasteiger partial charge on any atom is -0.464 e. The van der Waals surface area contributed by atoms with Gasteiger partial charge in [-0.3, -0.25) is 9.69 Å². The first-order valence-electron chi connectivity index (χ1n) is 7.49. The van der Waals surface area contributed by atoms with Gasteiger partial charge < -0.3 is 14.2 Å². The van der Waals surface area contributed by atoms with E-state index in [9.17, 15) is 14.4 Å². The molecule has 0 aromatic rings. The first kappa shape index (κ1) is 16.3. The molecule has 122 valence electrons. The molecule has 0 radical (unpaired) electrons. The van der Waals surface area contributed by atoms with Gasteiger partial charge >= 0.3 is 11.9 Å². The lowest BCUT2D eigenvalue weighted by Crippen LogP contribution is -2.47. The van der Waals surface area contributed by atoms with Crippen LogP contribution in [0.2, 0.25) is 0 Å². The van der Waals surface area contributed by atoms with Crippen LogP contribution in [0.25, 0.3) is 0 Å². The van der Waals surface area contributed by atoms with Crippen LogP contribution >= 0.6 is 0 Å². The molecule has 0 N–H and O–H groups in total. The number of amides is 1. The van der Waals surface area contributed by atoms with E-state index in [1.165, 1.54) is 11.8 Å². The van der Waals surface area contributed by atoms with E-state index in [0.717, 1.165) is 0 Å². The maximum absolute atomic E-state index is 12.0. The van der Waals surface area contributed by atoms with Crippen molar-refractivity contribution in [1.82, 2.24) is 4.90 Å². The van der Waals surface area contributed by atoms with Crippen LogP contribution in [0.5, 0.6) is 0 Å². The quantitative estimate of drug-likeness (QED) is 0.720. The van der Waals surface area contributed by atoms with Gasteiger partial charge in [-0.15, -0.1) is 0 Å². The van der Waals surface area contributed by atoms with Crippen molar-refractivity contribution in [3.63, 3.8) is 0 Å². The summed E-state index contributed by atoms with van der Waals surface area (Å²) in [4.78, 5) is 37.1. The summed E-state index contributed by atoms with van der Waals surface area (Å²) >= 11 is 0. The monoisotopic (exact) mass is 311 g/mol. The summed E-state index contributed by atoms with van der Waals surface area (Å²) in [7, 11) is 0. The van der Waals surface area contributed by atoms with Crippen molar-refractivity contribution < 1.29 is 28.6 Å². The number of ether oxygens (including phenoxy) is 3. The number of carbonyl (C=O) groups is 3. The van der Waals surface area contributed by atoms with Gasteiger partial charge in [0, 0.05) is 12.8 Å². The molecule has 0 saturated carbocycles. The van der Waals surface area contributed by atoms with E-state index in [2.05, 4.69) is 0 Å². The summed E-state index contributed by atoms with van der Waals surface area (Å²) in [6.45, 7) is 5.30. The third-order valence-electron chi connectivity index (χ3n) is 3.79. The number of rotatable bonds is 4. The van der Waals surface area contributed by atoms with Gasteiger partial charge in [0.05, 0.1) is 13.2 Å². The van der Waals surface area contributed by atoms with Crippen LogP contribution in [0.3, 0.4) is 0 Å². The normalized spacial score (nSPS) is 26.6. The second-order valence-corrected chi connectivity index (χ2v) is 5.22. The third kappa shape index (κ3) is 3.08. The van der Waals surface area contributed by atoms with E-state index >= 15 is 0 Å². The summed E-state index contributed by atoms with van der Waals surface area (Å²) in [5.74, 6) is -1.21. The molecule has 0 spiro atoms. The summed E-state index contributed by atoms with van der Waals surface area (Å²) in [5, 5.41) is 0. The highest BCUT2D eigenvalue weighted by Gasteiger charge is 2.49. The van der Waals surface area contributed by atoms with Crippen molar-refractivity contribution in [3.05, 3.63) is 11.8 Å². The van der Waals surface area contributed by atoms with Crippen molar-refractivity contribution in [2.45, 2.75) is 45.9 Å². The fourth-order valence-electron chi connectivity index (χ4n) is 2.90.